The van der Waals surface area contributed by atoms with Gasteiger partial charge in [-0.2, -0.15) is 0 Å². The van der Waals surface area contributed by atoms with Crippen LogP contribution in [0, 0.1) is 0 Å². The van der Waals surface area contributed by atoms with Gasteiger partial charge in [0.2, 0.25) is 0 Å². The lowest BCUT2D eigenvalue weighted by atomic mass is 10.1. The summed E-state index contributed by atoms with van der Waals surface area (Å²) in [5, 5.41) is 2.32. The Balaban J connectivity index is 1.08. The molecule has 0 N–H and O–H groups in total. The van der Waals surface area contributed by atoms with Gasteiger partial charge < -0.3 is 0 Å². The first-order chi connectivity index (χ1) is 18.3. The molecule has 3 heteroatoms. The summed E-state index contributed by atoms with van der Waals surface area (Å²) in [5.74, 6) is 0. The van der Waals surface area contributed by atoms with Crippen molar-refractivity contribution in [3.63, 3.8) is 0 Å². The lowest BCUT2D eigenvalue weighted by Gasteiger charge is -2.04. The topological polar surface area (TPSA) is 25.8 Å². The van der Waals surface area contributed by atoms with Gasteiger partial charge in [0.25, 0.3) is 0 Å². The third-order valence-electron chi connectivity index (χ3n) is 6.19. The average molecular weight is 493 g/mol. The van der Waals surface area contributed by atoms with Crippen molar-refractivity contribution < 1.29 is 0 Å². The largest absolute Gasteiger partial charge is 0.256 e. The first-order valence-electron chi connectivity index (χ1n) is 12.2. The Bertz CT molecular complexity index is 1600. The predicted octanol–water partition coefficient (Wildman–Crippen LogP) is 9.27. The van der Waals surface area contributed by atoms with Crippen molar-refractivity contribution in [1.82, 2.24) is 9.97 Å². The molecule has 0 aliphatic carbocycles. The Morgan fingerprint density at radius 2 is 0.838 bits per heavy atom. The van der Waals surface area contributed by atoms with Gasteiger partial charge in [-0.3, -0.25) is 9.97 Å². The van der Waals surface area contributed by atoms with E-state index in [0.29, 0.717) is 0 Å². The van der Waals surface area contributed by atoms with Gasteiger partial charge in [-0.05, 0) is 70.8 Å². The van der Waals surface area contributed by atoms with Crippen LogP contribution >= 0.6 is 11.8 Å². The molecule has 0 spiro atoms. The Hall–Kier alpha value is -4.47. The van der Waals surface area contributed by atoms with Crippen LogP contribution in [0.3, 0.4) is 0 Å². The van der Waals surface area contributed by atoms with E-state index < -0.39 is 0 Å². The maximum Gasteiger partial charge on any atom is 0.0707 e. The van der Waals surface area contributed by atoms with Crippen molar-refractivity contribution in [1.29, 1.82) is 0 Å². The summed E-state index contributed by atoms with van der Waals surface area (Å²) in [4.78, 5) is 11.3. The highest BCUT2D eigenvalue weighted by Crippen LogP contribution is 2.29. The minimum Gasteiger partial charge on any atom is -0.256 e. The lowest BCUT2D eigenvalue weighted by molar-refractivity contribution is 1.40. The van der Waals surface area contributed by atoms with E-state index in [1.807, 2.05) is 24.5 Å². The van der Waals surface area contributed by atoms with E-state index in [2.05, 4.69) is 131 Å². The lowest BCUT2D eigenvalue weighted by Crippen LogP contribution is -1.80. The molecule has 6 aromatic rings. The van der Waals surface area contributed by atoms with E-state index in [9.17, 15) is 0 Å². The summed E-state index contributed by atoms with van der Waals surface area (Å²) < 4.78 is 0. The van der Waals surface area contributed by atoms with Crippen LogP contribution in [-0.2, 0) is 0 Å². The fourth-order valence-corrected chi connectivity index (χ4v) is 5.01. The van der Waals surface area contributed by atoms with Crippen LogP contribution < -0.4 is 0 Å². The molecule has 2 aromatic heterocycles. The molecule has 0 amide bonds. The summed E-state index contributed by atoms with van der Waals surface area (Å²) in [6.07, 6.45) is 12.2. The molecule has 2 nitrogen and oxygen atoms in total. The second-order valence-corrected chi connectivity index (χ2v) is 9.96. The molecule has 0 saturated heterocycles. The third-order valence-corrected chi connectivity index (χ3v) is 7.21. The van der Waals surface area contributed by atoms with Crippen molar-refractivity contribution in [2.45, 2.75) is 9.79 Å². The minimum absolute atomic E-state index is 1.02. The van der Waals surface area contributed by atoms with Crippen molar-refractivity contribution in [3.05, 3.63) is 144 Å². The zero-order valence-corrected chi connectivity index (χ0v) is 21.0. The van der Waals surface area contributed by atoms with Crippen molar-refractivity contribution >= 4 is 57.9 Å². The molecular formula is C34H24N2S. The highest BCUT2D eigenvalue weighted by molar-refractivity contribution is 7.99. The Morgan fingerprint density at radius 1 is 0.432 bits per heavy atom. The number of hydrogen-bond acceptors (Lipinski definition) is 3. The van der Waals surface area contributed by atoms with Crippen LogP contribution in [0.15, 0.2) is 131 Å². The first kappa shape index (κ1) is 23.0. The molecule has 0 atom stereocenters. The van der Waals surface area contributed by atoms with Crippen LogP contribution in [0.25, 0.3) is 46.1 Å². The summed E-state index contributed by atoms with van der Waals surface area (Å²) in [6.45, 7) is 0. The second-order valence-electron chi connectivity index (χ2n) is 8.82. The number of hydrogen-bond donors (Lipinski definition) is 0. The van der Waals surface area contributed by atoms with Crippen LogP contribution in [0.5, 0.6) is 0 Å². The molecule has 0 bridgehead atoms. The van der Waals surface area contributed by atoms with Crippen LogP contribution in [0.4, 0.5) is 0 Å². The molecule has 0 saturated carbocycles. The summed E-state index contributed by atoms with van der Waals surface area (Å²) in [7, 11) is 0. The standard InChI is InChI=1S/C34H24N2S/c1-3-29-15-9-27(23-33(29)35-21-1)7-5-25-11-17-31(18-12-25)37-32-19-13-26(14-20-32)6-8-28-10-16-30-4-2-22-36-34(30)24-28/h1-24H. The van der Waals surface area contributed by atoms with E-state index in [1.165, 1.54) is 20.9 Å². The van der Waals surface area contributed by atoms with E-state index in [0.717, 1.165) is 32.9 Å². The van der Waals surface area contributed by atoms with Crippen molar-refractivity contribution in [3.8, 4) is 0 Å². The highest BCUT2D eigenvalue weighted by atomic mass is 32.2. The van der Waals surface area contributed by atoms with Crippen LogP contribution in [-0.4, -0.2) is 9.97 Å². The SMILES string of the molecule is C(=Cc1ccc2cccnc2c1)c1ccc(Sc2ccc(C=Cc3ccc4cccnc4c3)cc2)cc1. The molecule has 0 unspecified atom stereocenters. The van der Waals surface area contributed by atoms with Crippen LogP contribution in [0.1, 0.15) is 22.3 Å². The number of nitrogens with zero attached hydrogens (tertiary/aromatic N) is 2. The van der Waals surface area contributed by atoms with Gasteiger partial charge in [0.1, 0.15) is 0 Å². The van der Waals surface area contributed by atoms with E-state index >= 15 is 0 Å². The van der Waals surface area contributed by atoms with Gasteiger partial charge in [-0.1, -0.05) is 96.7 Å². The summed E-state index contributed by atoms with van der Waals surface area (Å²) in [6, 6.07) is 38.2. The molecule has 6 rings (SSSR count). The summed E-state index contributed by atoms with van der Waals surface area (Å²) >= 11 is 1.77. The van der Waals surface area contributed by atoms with Gasteiger partial charge in [0.15, 0.2) is 0 Å². The zero-order valence-electron chi connectivity index (χ0n) is 20.2. The maximum absolute atomic E-state index is 4.45. The highest BCUT2D eigenvalue weighted by Gasteiger charge is 1.99. The zero-order chi connectivity index (χ0) is 24.9. The molecule has 4 aromatic carbocycles. The van der Waals surface area contributed by atoms with E-state index in [1.54, 1.807) is 11.8 Å². The maximum atomic E-state index is 4.45. The van der Waals surface area contributed by atoms with Crippen molar-refractivity contribution in [2.24, 2.45) is 0 Å². The Kier molecular flexibility index (Phi) is 6.61. The molecule has 0 aliphatic rings. The monoisotopic (exact) mass is 492 g/mol. The number of rotatable bonds is 6. The Labute approximate surface area is 221 Å². The fraction of sp³-hybridized carbons (Fsp3) is 0. The van der Waals surface area contributed by atoms with Gasteiger partial charge in [-0.25, -0.2) is 0 Å². The normalized spacial score (nSPS) is 11.7. The first-order valence-corrected chi connectivity index (χ1v) is 13.0. The molecular weight excluding hydrogens is 468 g/mol. The predicted molar refractivity (Wildman–Crippen MR) is 158 cm³/mol. The Morgan fingerprint density at radius 3 is 1.30 bits per heavy atom. The van der Waals surface area contributed by atoms with E-state index in [4.69, 9.17) is 0 Å². The quantitative estimate of drug-likeness (QED) is 0.217. The minimum atomic E-state index is 1.02. The third kappa shape index (κ3) is 5.69. The molecule has 0 radical (unpaired) electrons. The molecule has 2 heterocycles. The van der Waals surface area contributed by atoms with Gasteiger partial charge in [0.05, 0.1) is 11.0 Å². The van der Waals surface area contributed by atoms with Gasteiger partial charge in [-0.15, -0.1) is 0 Å². The second kappa shape index (κ2) is 10.7. The van der Waals surface area contributed by atoms with Crippen molar-refractivity contribution in [2.75, 3.05) is 0 Å². The van der Waals surface area contributed by atoms with Gasteiger partial charge in [0, 0.05) is 33.0 Å². The van der Waals surface area contributed by atoms with Gasteiger partial charge >= 0.3 is 0 Å². The average Bonchev–Trinajstić information content (AvgIpc) is 2.96. The summed E-state index contributed by atoms with van der Waals surface area (Å²) in [5.41, 5.74) is 6.68. The number of benzene rings is 4. The van der Waals surface area contributed by atoms with Crippen LogP contribution in [0.2, 0.25) is 0 Å². The van der Waals surface area contributed by atoms with E-state index in [-0.39, 0.29) is 0 Å². The molecule has 0 aliphatic heterocycles. The fourth-order valence-electron chi connectivity index (χ4n) is 4.19. The molecule has 176 valence electrons. The number of aromatic nitrogens is 2. The molecule has 0 fully saturated rings. The molecule has 37 heavy (non-hydrogen) atoms. The number of fused-ring (bicyclic) bond motifs is 2. The smallest absolute Gasteiger partial charge is 0.0707 e. The number of pyridine rings is 2.